The first-order chi connectivity index (χ1) is 11.6. The Hall–Kier alpha value is -2.28. The first kappa shape index (κ1) is 15.3. The van der Waals surface area contributed by atoms with E-state index in [0.29, 0.717) is 17.9 Å². The predicted octanol–water partition coefficient (Wildman–Crippen LogP) is 3.61. The van der Waals surface area contributed by atoms with Crippen LogP contribution in [0.4, 0.5) is 4.39 Å². The summed E-state index contributed by atoms with van der Waals surface area (Å²) in [6, 6.07) is 8.02. The maximum absolute atomic E-state index is 13.5. The lowest BCUT2D eigenvalue weighted by Crippen LogP contribution is -2.31. The Bertz CT molecular complexity index is 926. The fraction of sp³-hybridized carbons (Fsp3) is 0.235. The van der Waals surface area contributed by atoms with Gasteiger partial charge in [-0.1, -0.05) is 12.1 Å². The van der Waals surface area contributed by atoms with Gasteiger partial charge in [0.1, 0.15) is 5.82 Å². The second kappa shape index (κ2) is 5.98. The van der Waals surface area contributed by atoms with E-state index in [1.807, 2.05) is 6.07 Å². The van der Waals surface area contributed by atoms with Gasteiger partial charge < -0.3 is 4.90 Å². The molecule has 122 valence electrons. The van der Waals surface area contributed by atoms with Crippen LogP contribution in [0.1, 0.15) is 34.9 Å². The lowest BCUT2D eigenvalue weighted by Gasteiger charge is -2.24. The summed E-state index contributed by atoms with van der Waals surface area (Å²) in [5.41, 5.74) is 1.79. The number of benzene rings is 1. The van der Waals surface area contributed by atoms with Gasteiger partial charge in [0.15, 0.2) is 11.3 Å². The van der Waals surface area contributed by atoms with Crippen molar-refractivity contribution in [3.63, 3.8) is 0 Å². The highest BCUT2D eigenvalue weighted by atomic mass is 79.9. The van der Waals surface area contributed by atoms with Gasteiger partial charge in [-0.2, -0.15) is 5.10 Å². The molecule has 2 aromatic heterocycles. The number of halogens is 2. The average Bonchev–Trinajstić information content (AvgIpc) is 3.20. The molecule has 3 aromatic rings. The van der Waals surface area contributed by atoms with Crippen LogP contribution in [0.5, 0.6) is 0 Å². The number of hydrogen-bond acceptors (Lipinski definition) is 3. The first-order valence-electron chi connectivity index (χ1n) is 7.69. The fourth-order valence-corrected chi connectivity index (χ4v) is 3.47. The molecule has 0 aliphatic carbocycles. The number of hydrogen-bond donors (Lipinski definition) is 0. The summed E-state index contributed by atoms with van der Waals surface area (Å²) >= 11 is 3.34. The van der Waals surface area contributed by atoms with Gasteiger partial charge in [0.2, 0.25) is 0 Å². The van der Waals surface area contributed by atoms with Gasteiger partial charge in [-0.05, 0) is 46.5 Å². The highest BCUT2D eigenvalue weighted by Gasteiger charge is 2.32. The Balaban J connectivity index is 1.66. The molecule has 0 saturated carbocycles. The maximum Gasteiger partial charge on any atom is 0.274 e. The smallest absolute Gasteiger partial charge is 0.274 e. The number of fused-ring (bicyclic) bond motifs is 1. The van der Waals surface area contributed by atoms with Crippen LogP contribution < -0.4 is 0 Å². The molecule has 4 rings (SSSR count). The molecule has 0 spiro atoms. The van der Waals surface area contributed by atoms with Crippen LogP contribution in [0.3, 0.4) is 0 Å². The molecule has 0 bridgehead atoms. The van der Waals surface area contributed by atoms with Crippen molar-refractivity contribution in [3.8, 4) is 0 Å². The van der Waals surface area contributed by atoms with Crippen LogP contribution in [0.15, 0.2) is 47.2 Å². The van der Waals surface area contributed by atoms with Crippen LogP contribution in [0.25, 0.3) is 5.65 Å². The van der Waals surface area contributed by atoms with Crippen LogP contribution in [-0.2, 0) is 0 Å². The van der Waals surface area contributed by atoms with Crippen molar-refractivity contribution in [2.45, 2.75) is 18.9 Å². The molecule has 1 saturated heterocycles. The van der Waals surface area contributed by atoms with Crippen molar-refractivity contribution in [2.75, 3.05) is 6.54 Å². The fourth-order valence-electron chi connectivity index (χ4n) is 3.18. The molecule has 1 unspecified atom stereocenters. The van der Waals surface area contributed by atoms with E-state index in [0.717, 1.165) is 22.9 Å². The van der Waals surface area contributed by atoms with Gasteiger partial charge >= 0.3 is 0 Å². The Labute approximate surface area is 146 Å². The number of nitrogens with zero attached hydrogens (tertiary/aromatic N) is 4. The van der Waals surface area contributed by atoms with Crippen LogP contribution in [0, 0.1) is 5.82 Å². The minimum atomic E-state index is -0.284. The van der Waals surface area contributed by atoms with Crippen molar-refractivity contribution in [3.05, 3.63) is 64.3 Å². The topological polar surface area (TPSA) is 50.5 Å². The van der Waals surface area contributed by atoms with Crippen LogP contribution in [-0.4, -0.2) is 31.9 Å². The van der Waals surface area contributed by atoms with Crippen LogP contribution >= 0.6 is 15.9 Å². The molecule has 1 aliphatic rings. The van der Waals surface area contributed by atoms with Gasteiger partial charge in [0.25, 0.3) is 5.91 Å². The second-order valence-electron chi connectivity index (χ2n) is 5.82. The number of aromatic nitrogens is 3. The first-order valence-corrected chi connectivity index (χ1v) is 8.48. The molecule has 1 fully saturated rings. The zero-order valence-electron chi connectivity index (χ0n) is 12.7. The summed E-state index contributed by atoms with van der Waals surface area (Å²) in [6.07, 6.45) is 5.14. The SMILES string of the molecule is O=C(c1cc2ncc(Br)cn2n1)N1CCCC1c1cccc(F)c1. The Morgan fingerprint density at radius 2 is 2.21 bits per heavy atom. The summed E-state index contributed by atoms with van der Waals surface area (Å²) in [7, 11) is 0. The number of rotatable bonds is 2. The monoisotopic (exact) mass is 388 g/mol. The molecule has 3 heterocycles. The maximum atomic E-state index is 13.5. The minimum absolute atomic E-state index is 0.113. The van der Waals surface area contributed by atoms with Crippen molar-refractivity contribution in [2.24, 2.45) is 0 Å². The van der Waals surface area contributed by atoms with E-state index in [2.05, 4.69) is 26.0 Å². The van der Waals surface area contributed by atoms with Crippen molar-refractivity contribution < 1.29 is 9.18 Å². The Kier molecular flexibility index (Phi) is 3.80. The molecule has 1 aromatic carbocycles. The summed E-state index contributed by atoms with van der Waals surface area (Å²) in [6.45, 7) is 0.644. The zero-order valence-corrected chi connectivity index (χ0v) is 14.3. The van der Waals surface area contributed by atoms with E-state index in [-0.39, 0.29) is 17.8 Å². The van der Waals surface area contributed by atoms with Gasteiger partial charge in [0.05, 0.1) is 10.5 Å². The summed E-state index contributed by atoms with van der Waals surface area (Å²) in [5, 5.41) is 4.32. The Morgan fingerprint density at radius 3 is 3.04 bits per heavy atom. The van der Waals surface area contributed by atoms with Gasteiger partial charge in [-0.25, -0.2) is 13.9 Å². The van der Waals surface area contributed by atoms with Crippen molar-refractivity contribution in [1.29, 1.82) is 0 Å². The number of carbonyl (C=O) groups is 1. The zero-order chi connectivity index (χ0) is 16.7. The van der Waals surface area contributed by atoms with E-state index in [1.165, 1.54) is 12.1 Å². The minimum Gasteiger partial charge on any atom is -0.330 e. The highest BCUT2D eigenvalue weighted by molar-refractivity contribution is 9.10. The molecule has 1 atom stereocenters. The predicted molar refractivity (Wildman–Crippen MR) is 90.1 cm³/mol. The molecule has 1 aliphatic heterocycles. The second-order valence-corrected chi connectivity index (χ2v) is 6.73. The standard InChI is InChI=1S/C17H14BrFN4O/c18-12-9-20-16-8-14(21-23(16)10-12)17(24)22-6-2-5-15(22)11-3-1-4-13(19)7-11/h1,3-4,7-10,15H,2,5-6H2. The molecule has 5 nitrogen and oxygen atoms in total. The lowest BCUT2D eigenvalue weighted by atomic mass is 10.0. The number of amides is 1. The molecular weight excluding hydrogens is 375 g/mol. The normalized spacial score (nSPS) is 17.6. The molecule has 1 amide bonds. The van der Waals surface area contributed by atoms with Crippen molar-refractivity contribution >= 4 is 27.5 Å². The highest BCUT2D eigenvalue weighted by Crippen LogP contribution is 2.33. The third-order valence-electron chi connectivity index (χ3n) is 4.25. The number of carbonyl (C=O) groups excluding carboxylic acids is 1. The number of likely N-dealkylation sites (tertiary alicyclic amines) is 1. The van der Waals surface area contributed by atoms with E-state index >= 15 is 0 Å². The average molecular weight is 389 g/mol. The summed E-state index contributed by atoms with van der Waals surface area (Å²) in [5.74, 6) is -0.433. The third kappa shape index (κ3) is 2.69. The van der Waals surface area contributed by atoms with E-state index in [4.69, 9.17) is 0 Å². The van der Waals surface area contributed by atoms with E-state index in [9.17, 15) is 9.18 Å². The van der Waals surface area contributed by atoms with Gasteiger partial charge in [0, 0.05) is 25.0 Å². The molecule has 24 heavy (non-hydrogen) atoms. The molecule has 0 radical (unpaired) electrons. The third-order valence-corrected chi connectivity index (χ3v) is 4.66. The quantitative estimate of drug-likeness (QED) is 0.673. The largest absolute Gasteiger partial charge is 0.330 e. The molecule has 0 N–H and O–H groups in total. The lowest BCUT2D eigenvalue weighted by molar-refractivity contribution is 0.0729. The summed E-state index contributed by atoms with van der Waals surface area (Å²) < 4.78 is 15.9. The van der Waals surface area contributed by atoms with E-state index < -0.39 is 0 Å². The van der Waals surface area contributed by atoms with Crippen molar-refractivity contribution in [1.82, 2.24) is 19.5 Å². The molecular formula is C17H14BrFN4O. The van der Waals surface area contributed by atoms with Gasteiger partial charge in [-0.15, -0.1) is 0 Å². The van der Waals surface area contributed by atoms with E-state index in [1.54, 1.807) is 33.9 Å². The van der Waals surface area contributed by atoms with Crippen LogP contribution in [0.2, 0.25) is 0 Å². The summed E-state index contributed by atoms with van der Waals surface area (Å²) in [4.78, 5) is 18.9. The molecule has 7 heteroatoms. The Morgan fingerprint density at radius 1 is 1.33 bits per heavy atom. The van der Waals surface area contributed by atoms with Gasteiger partial charge in [-0.3, -0.25) is 4.79 Å².